The topological polar surface area (TPSA) is 64.3 Å². The molecule has 7 heteroatoms. The Kier molecular flexibility index (Phi) is 5.14. The summed E-state index contributed by atoms with van der Waals surface area (Å²) in [7, 11) is 0. The molecule has 0 aliphatic rings. The van der Waals surface area contributed by atoms with E-state index in [1.807, 2.05) is 6.92 Å². The van der Waals surface area contributed by atoms with E-state index in [0.717, 1.165) is 24.4 Å². The van der Waals surface area contributed by atoms with Crippen LogP contribution in [0.2, 0.25) is 5.15 Å². The van der Waals surface area contributed by atoms with Crippen molar-refractivity contribution < 1.29 is 4.74 Å². The fourth-order valence-corrected chi connectivity index (χ4v) is 1.93. The zero-order valence-electron chi connectivity index (χ0n) is 12.1. The van der Waals surface area contributed by atoms with Crippen molar-refractivity contribution in [1.82, 2.24) is 19.6 Å². The van der Waals surface area contributed by atoms with Crippen LogP contribution in [0.5, 0.6) is 0 Å². The highest BCUT2D eigenvalue weighted by Crippen LogP contribution is 2.21. The van der Waals surface area contributed by atoms with Crippen LogP contribution in [0.25, 0.3) is 5.78 Å². The molecule has 110 valence electrons. The number of halogens is 1. The third-order valence-electron chi connectivity index (χ3n) is 2.98. The fraction of sp³-hybridized carbons (Fsp3) is 0.615. The lowest BCUT2D eigenvalue weighted by molar-refractivity contribution is 0.132. The summed E-state index contributed by atoms with van der Waals surface area (Å²) in [4.78, 5) is 8.20. The first-order chi connectivity index (χ1) is 9.59. The van der Waals surface area contributed by atoms with Crippen molar-refractivity contribution in [3.05, 3.63) is 17.0 Å². The Morgan fingerprint density at radius 3 is 2.95 bits per heavy atom. The van der Waals surface area contributed by atoms with Gasteiger partial charge in [-0.2, -0.15) is 19.6 Å². The normalized spacial score (nSPS) is 11.4. The van der Waals surface area contributed by atoms with Gasteiger partial charge in [-0.1, -0.05) is 25.4 Å². The molecule has 0 aliphatic carbocycles. The molecular weight excluding hydrogens is 278 g/mol. The quantitative estimate of drug-likeness (QED) is 0.628. The highest BCUT2D eigenvalue weighted by molar-refractivity contribution is 6.30. The summed E-state index contributed by atoms with van der Waals surface area (Å²) in [6.07, 6.45) is 2.54. The van der Waals surface area contributed by atoms with Crippen LogP contribution in [0.15, 0.2) is 6.33 Å². The average Bonchev–Trinajstić information content (AvgIpc) is 2.84. The van der Waals surface area contributed by atoms with Crippen molar-refractivity contribution >= 4 is 23.2 Å². The van der Waals surface area contributed by atoms with Crippen LogP contribution < -0.4 is 5.32 Å². The number of aromatic nitrogens is 4. The van der Waals surface area contributed by atoms with Gasteiger partial charge in [0.25, 0.3) is 5.78 Å². The molecular formula is C13H20ClN5O. The molecule has 0 unspecified atom stereocenters. The molecule has 1 N–H and O–H groups in total. The molecule has 0 bridgehead atoms. The Bertz CT molecular complexity index is 569. The SMILES string of the molecule is Cc1c(Cl)nc2ncnn2c1NCCOCCC(C)C. The molecule has 6 nitrogen and oxygen atoms in total. The highest BCUT2D eigenvalue weighted by atomic mass is 35.5. The van der Waals surface area contributed by atoms with Gasteiger partial charge in [0, 0.05) is 18.7 Å². The van der Waals surface area contributed by atoms with Gasteiger partial charge < -0.3 is 10.1 Å². The van der Waals surface area contributed by atoms with E-state index in [1.54, 1.807) is 4.52 Å². The Labute approximate surface area is 123 Å². The van der Waals surface area contributed by atoms with Gasteiger partial charge in [-0.05, 0) is 19.3 Å². The van der Waals surface area contributed by atoms with Crippen molar-refractivity contribution in [2.75, 3.05) is 25.1 Å². The van der Waals surface area contributed by atoms with Crippen molar-refractivity contribution in [2.24, 2.45) is 5.92 Å². The molecule has 2 aromatic heterocycles. The molecule has 0 fully saturated rings. The molecule has 2 rings (SSSR count). The molecule has 2 aromatic rings. The Hall–Kier alpha value is -1.40. The number of hydrogen-bond acceptors (Lipinski definition) is 5. The zero-order valence-corrected chi connectivity index (χ0v) is 12.8. The van der Waals surface area contributed by atoms with Gasteiger partial charge in [-0.3, -0.25) is 0 Å². The maximum absolute atomic E-state index is 6.08. The van der Waals surface area contributed by atoms with Gasteiger partial charge in [0.1, 0.15) is 17.3 Å². The summed E-state index contributed by atoms with van der Waals surface area (Å²) < 4.78 is 7.22. The van der Waals surface area contributed by atoms with Crippen LogP contribution in [-0.4, -0.2) is 39.3 Å². The van der Waals surface area contributed by atoms with E-state index >= 15 is 0 Å². The van der Waals surface area contributed by atoms with E-state index in [1.165, 1.54) is 6.33 Å². The van der Waals surface area contributed by atoms with E-state index in [-0.39, 0.29) is 0 Å². The lowest BCUT2D eigenvalue weighted by Crippen LogP contribution is -2.15. The van der Waals surface area contributed by atoms with Crippen molar-refractivity contribution in [3.63, 3.8) is 0 Å². The number of nitrogens with one attached hydrogen (secondary N) is 1. The number of fused-ring (bicyclic) bond motifs is 1. The summed E-state index contributed by atoms with van der Waals surface area (Å²) in [6.45, 7) is 8.39. The molecule has 2 heterocycles. The van der Waals surface area contributed by atoms with Crippen LogP contribution in [0.4, 0.5) is 5.82 Å². The van der Waals surface area contributed by atoms with Crippen LogP contribution >= 0.6 is 11.6 Å². The second-order valence-corrected chi connectivity index (χ2v) is 5.43. The molecule has 0 aliphatic heterocycles. The first-order valence-corrected chi connectivity index (χ1v) is 7.15. The summed E-state index contributed by atoms with van der Waals surface area (Å²) >= 11 is 6.08. The van der Waals surface area contributed by atoms with E-state index < -0.39 is 0 Å². The predicted molar refractivity (Wildman–Crippen MR) is 79.3 cm³/mol. The molecule has 20 heavy (non-hydrogen) atoms. The van der Waals surface area contributed by atoms with E-state index in [2.05, 4.69) is 34.2 Å². The van der Waals surface area contributed by atoms with Crippen molar-refractivity contribution in [1.29, 1.82) is 0 Å². The second kappa shape index (κ2) is 6.85. The second-order valence-electron chi connectivity index (χ2n) is 5.07. The minimum atomic E-state index is 0.439. The number of ether oxygens (including phenoxy) is 1. The maximum atomic E-state index is 6.08. The number of hydrogen-bond donors (Lipinski definition) is 1. The third kappa shape index (κ3) is 3.58. The monoisotopic (exact) mass is 297 g/mol. The van der Waals surface area contributed by atoms with Gasteiger partial charge in [0.15, 0.2) is 0 Å². The largest absolute Gasteiger partial charge is 0.380 e. The first-order valence-electron chi connectivity index (χ1n) is 6.77. The van der Waals surface area contributed by atoms with Crippen LogP contribution in [0.1, 0.15) is 25.8 Å². The van der Waals surface area contributed by atoms with Gasteiger partial charge in [0.05, 0.1) is 6.61 Å². The van der Waals surface area contributed by atoms with E-state index in [4.69, 9.17) is 16.3 Å². The van der Waals surface area contributed by atoms with Crippen LogP contribution in [0, 0.1) is 12.8 Å². The third-order valence-corrected chi connectivity index (χ3v) is 3.35. The summed E-state index contributed by atoms with van der Waals surface area (Å²) in [5.74, 6) is 1.97. The maximum Gasteiger partial charge on any atom is 0.255 e. The first kappa shape index (κ1) is 15.0. The van der Waals surface area contributed by atoms with Gasteiger partial charge in [-0.15, -0.1) is 0 Å². The number of rotatable bonds is 7. The lowest BCUT2D eigenvalue weighted by Gasteiger charge is -2.12. The molecule has 0 spiro atoms. The van der Waals surface area contributed by atoms with Crippen molar-refractivity contribution in [2.45, 2.75) is 27.2 Å². The molecule has 0 aromatic carbocycles. The Balaban J connectivity index is 1.92. The highest BCUT2D eigenvalue weighted by Gasteiger charge is 2.11. The average molecular weight is 298 g/mol. The standard InChI is InChI=1S/C13H20ClN5O/c1-9(2)4-6-20-7-5-15-12-10(3)11(14)18-13-16-8-17-19(12)13/h8-9,15H,4-7H2,1-3H3. The number of nitrogens with zero attached hydrogens (tertiary/aromatic N) is 4. The smallest absolute Gasteiger partial charge is 0.255 e. The zero-order chi connectivity index (χ0) is 14.5. The van der Waals surface area contributed by atoms with Crippen LogP contribution in [-0.2, 0) is 4.74 Å². The van der Waals surface area contributed by atoms with E-state index in [9.17, 15) is 0 Å². The lowest BCUT2D eigenvalue weighted by atomic mass is 10.1. The van der Waals surface area contributed by atoms with Crippen LogP contribution in [0.3, 0.4) is 0 Å². The molecule has 0 saturated heterocycles. The minimum absolute atomic E-state index is 0.439. The van der Waals surface area contributed by atoms with Crippen molar-refractivity contribution in [3.8, 4) is 0 Å². The van der Waals surface area contributed by atoms with Gasteiger partial charge >= 0.3 is 0 Å². The molecule has 0 atom stereocenters. The minimum Gasteiger partial charge on any atom is -0.380 e. The molecule has 0 radical (unpaired) electrons. The van der Waals surface area contributed by atoms with Gasteiger partial charge in [-0.25, -0.2) is 0 Å². The Morgan fingerprint density at radius 2 is 2.20 bits per heavy atom. The Morgan fingerprint density at radius 1 is 1.40 bits per heavy atom. The molecule has 0 saturated carbocycles. The van der Waals surface area contributed by atoms with Gasteiger partial charge in [0.2, 0.25) is 0 Å². The number of anilines is 1. The summed E-state index contributed by atoms with van der Waals surface area (Å²) in [5.41, 5.74) is 0.854. The fourth-order valence-electron chi connectivity index (χ4n) is 1.77. The predicted octanol–water partition coefficient (Wildman–Crippen LogP) is 2.56. The van der Waals surface area contributed by atoms with E-state index in [0.29, 0.717) is 30.0 Å². The summed E-state index contributed by atoms with van der Waals surface area (Å²) in [5, 5.41) is 7.86. The molecule has 0 amide bonds. The summed E-state index contributed by atoms with van der Waals surface area (Å²) in [6, 6.07) is 0.